The lowest BCUT2D eigenvalue weighted by Crippen LogP contribution is -2.19. The maximum Gasteiger partial charge on any atom is 0.258 e. The summed E-state index contributed by atoms with van der Waals surface area (Å²) in [6.07, 6.45) is 3.45. The number of carbonyl (C=O) groups is 2. The molecule has 0 unspecified atom stereocenters. The van der Waals surface area contributed by atoms with Gasteiger partial charge in [0.15, 0.2) is 0 Å². The number of rotatable bonds is 5. The number of halogens is 2. The first-order valence-electron chi connectivity index (χ1n) is 10.1. The summed E-state index contributed by atoms with van der Waals surface area (Å²) in [6, 6.07) is 13.7. The number of hydrogen-bond donors (Lipinski definition) is 2. The van der Waals surface area contributed by atoms with E-state index in [0.29, 0.717) is 32.7 Å². The molecular weight excluding hydrogens is 447 g/mol. The largest absolute Gasteiger partial charge is 0.321 e. The van der Waals surface area contributed by atoms with Gasteiger partial charge in [-0.05, 0) is 67.3 Å². The summed E-state index contributed by atoms with van der Waals surface area (Å²) in [4.78, 5) is 34.4. The van der Waals surface area contributed by atoms with Crippen molar-refractivity contribution in [3.05, 3.63) is 87.0 Å². The molecule has 3 aromatic rings. The minimum Gasteiger partial charge on any atom is -0.321 e. The maximum atomic E-state index is 12.9. The molecule has 0 bridgehead atoms. The summed E-state index contributed by atoms with van der Waals surface area (Å²) < 4.78 is 0. The fourth-order valence-electron chi connectivity index (χ4n) is 3.50. The molecule has 0 atom stereocenters. The molecule has 0 saturated heterocycles. The molecule has 4 rings (SSSR count). The third kappa shape index (κ3) is 4.98. The van der Waals surface area contributed by atoms with Crippen LogP contribution in [0.1, 0.15) is 44.7 Å². The molecule has 2 N–H and O–H groups in total. The third-order valence-corrected chi connectivity index (χ3v) is 5.55. The molecule has 0 radical (unpaired) electrons. The lowest BCUT2D eigenvalue weighted by molar-refractivity contribution is 0.102. The number of nitrogens with zero attached hydrogens (tertiary/aromatic N) is 2. The van der Waals surface area contributed by atoms with Gasteiger partial charge >= 0.3 is 0 Å². The molecule has 1 aliphatic heterocycles. The molecule has 8 heteroatoms. The second-order valence-corrected chi connectivity index (χ2v) is 8.30. The van der Waals surface area contributed by atoms with Crippen molar-refractivity contribution in [1.29, 1.82) is 0 Å². The van der Waals surface area contributed by atoms with Crippen molar-refractivity contribution in [2.75, 3.05) is 17.2 Å². The van der Waals surface area contributed by atoms with Crippen LogP contribution in [0.3, 0.4) is 0 Å². The minimum atomic E-state index is -0.449. The summed E-state index contributed by atoms with van der Waals surface area (Å²) in [5, 5.41) is 6.40. The summed E-state index contributed by atoms with van der Waals surface area (Å²) in [5.74, 6) is -0.441. The lowest BCUT2D eigenvalue weighted by atomic mass is 10.0. The molecule has 2 aromatic carbocycles. The number of aromatic nitrogens is 1. The fraction of sp³-hybridized carbons (Fsp3) is 0.167. The molecule has 2 amide bonds. The zero-order chi connectivity index (χ0) is 22.7. The Hall–Kier alpha value is -3.22. The van der Waals surface area contributed by atoms with Crippen molar-refractivity contribution < 1.29 is 9.59 Å². The first-order chi connectivity index (χ1) is 15.4. The molecule has 32 heavy (non-hydrogen) atoms. The summed E-state index contributed by atoms with van der Waals surface area (Å²) in [5.41, 5.74) is 3.86. The number of hydrogen-bond acceptors (Lipinski definition) is 4. The second-order valence-electron chi connectivity index (χ2n) is 7.42. The number of pyridine rings is 1. The van der Waals surface area contributed by atoms with Crippen molar-refractivity contribution in [3.8, 4) is 0 Å². The van der Waals surface area contributed by atoms with Gasteiger partial charge in [-0.3, -0.25) is 14.6 Å². The van der Waals surface area contributed by atoms with Crippen LogP contribution in [0.25, 0.3) is 0 Å². The monoisotopic (exact) mass is 466 g/mol. The van der Waals surface area contributed by atoms with Crippen molar-refractivity contribution >= 4 is 52.2 Å². The van der Waals surface area contributed by atoms with E-state index in [1.807, 2.05) is 12.1 Å². The molecule has 6 nitrogen and oxygen atoms in total. The van der Waals surface area contributed by atoms with Gasteiger partial charge in [-0.2, -0.15) is 0 Å². The van der Waals surface area contributed by atoms with Gasteiger partial charge in [0.05, 0.1) is 16.3 Å². The lowest BCUT2D eigenvalue weighted by Gasteiger charge is -2.15. The van der Waals surface area contributed by atoms with Crippen LogP contribution in [0.5, 0.6) is 0 Å². The first kappa shape index (κ1) is 22.0. The predicted molar refractivity (Wildman–Crippen MR) is 128 cm³/mol. The zero-order valence-corrected chi connectivity index (χ0v) is 18.8. The smallest absolute Gasteiger partial charge is 0.258 e. The van der Waals surface area contributed by atoms with E-state index in [1.54, 1.807) is 37.3 Å². The maximum absolute atomic E-state index is 12.9. The Morgan fingerprint density at radius 1 is 0.938 bits per heavy atom. The Morgan fingerprint density at radius 2 is 1.72 bits per heavy atom. The number of aliphatic imine (C=N–C) groups is 1. The van der Waals surface area contributed by atoms with Gasteiger partial charge < -0.3 is 10.6 Å². The molecule has 0 fully saturated rings. The first-order valence-corrected chi connectivity index (χ1v) is 10.8. The topological polar surface area (TPSA) is 83.5 Å². The van der Waals surface area contributed by atoms with Crippen molar-refractivity contribution in [3.63, 3.8) is 0 Å². The van der Waals surface area contributed by atoms with Crippen LogP contribution in [0.4, 0.5) is 11.5 Å². The van der Waals surface area contributed by atoms with Gasteiger partial charge in [0.25, 0.3) is 11.8 Å². The van der Waals surface area contributed by atoms with Crippen LogP contribution in [0, 0.1) is 6.92 Å². The molecule has 2 heterocycles. The highest BCUT2D eigenvalue weighted by molar-refractivity contribution is 6.31. The number of nitrogens with one attached hydrogen (secondary N) is 2. The van der Waals surface area contributed by atoms with Crippen LogP contribution in [-0.4, -0.2) is 29.1 Å². The average molecular weight is 467 g/mol. The van der Waals surface area contributed by atoms with E-state index in [0.717, 1.165) is 30.7 Å². The standard InChI is InChI=1S/C24H20Cl2N4O2/c1-14-11-18(26)12-19(24(32)29-21-9-8-17(25)13-28-21)22(14)30-23(31)16-6-4-15(5-7-16)20-3-2-10-27-20/h4-9,11-13H,2-3,10H2,1H3,(H,30,31)(H,28,29,32). The highest BCUT2D eigenvalue weighted by atomic mass is 35.5. The molecule has 0 saturated carbocycles. The van der Waals surface area contributed by atoms with Gasteiger partial charge in [0.1, 0.15) is 5.82 Å². The zero-order valence-electron chi connectivity index (χ0n) is 17.3. The van der Waals surface area contributed by atoms with E-state index in [9.17, 15) is 9.59 Å². The van der Waals surface area contributed by atoms with E-state index >= 15 is 0 Å². The van der Waals surface area contributed by atoms with E-state index in [-0.39, 0.29) is 11.5 Å². The summed E-state index contributed by atoms with van der Waals surface area (Å²) in [6.45, 7) is 2.63. The van der Waals surface area contributed by atoms with Crippen molar-refractivity contribution in [2.45, 2.75) is 19.8 Å². The second kappa shape index (κ2) is 9.51. The molecule has 1 aliphatic rings. The number of anilines is 2. The molecule has 0 spiro atoms. The quantitative estimate of drug-likeness (QED) is 0.499. The SMILES string of the molecule is Cc1cc(Cl)cc(C(=O)Nc2ccc(Cl)cn2)c1NC(=O)c1ccc(C2=NCCC2)cc1. The van der Waals surface area contributed by atoms with E-state index in [4.69, 9.17) is 23.2 Å². The Bertz CT molecular complexity index is 1210. The van der Waals surface area contributed by atoms with E-state index < -0.39 is 5.91 Å². The van der Waals surface area contributed by atoms with Crippen LogP contribution >= 0.6 is 23.2 Å². The number of carbonyl (C=O) groups excluding carboxylic acids is 2. The van der Waals surface area contributed by atoms with Crippen LogP contribution in [0.2, 0.25) is 10.0 Å². The minimum absolute atomic E-state index is 0.233. The van der Waals surface area contributed by atoms with Gasteiger partial charge in [-0.15, -0.1) is 0 Å². The van der Waals surface area contributed by atoms with Crippen LogP contribution < -0.4 is 10.6 Å². The Labute approximate surface area is 195 Å². The molecule has 162 valence electrons. The molecule has 1 aromatic heterocycles. The van der Waals surface area contributed by atoms with Crippen LogP contribution in [0.15, 0.2) is 59.7 Å². The van der Waals surface area contributed by atoms with Gasteiger partial charge in [0, 0.05) is 29.0 Å². The summed E-state index contributed by atoms with van der Waals surface area (Å²) >= 11 is 12.0. The third-order valence-electron chi connectivity index (χ3n) is 5.11. The molecular formula is C24H20Cl2N4O2. The molecule has 0 aliphatic carbocycles. The average Bonchev–Trinajstić information content (AvgIpc) is 3.32. The van der Waals surface area contributed by atoms with Gasteiger partial charge in [-0.25, -0.2) is 4.98 Å². The van der Waals surface area contributed by atoms with Gasteiger partial charge in [-0.1, -0.05) is 35.3 Å². The summed E-state index contributed by atoms with van der Waals surface area (Å²) in [7, 11) is 0. The van der Waals surface area contributed by atoms with E-state index in [1.165, 1.54) is 12.3 Å². The van der Waals surface area contributed by atoms with Crippen molar-refractivity contribution in [1.82, 2.24) is 4.98 Å². The number of aryl methyl sites for hydroxylation is 1. The Balaban J connectivity index is 1.56. The van der Waals surface area contributed by atoms with E-state index in [2.05, 4.69) is 20.6 Å². The Kier molecular flexibility index (Phi) is 6.53. The van der Waals surface area contributed by atoms with Crippen molar-refractivity contribution in [2.24, 2.45) is 4.99 Å². The van der Waals surface area contributed by atoms with Gasteiger partial charge in [0.2, 0.25) is 0 Å². The number of benzene rings is 2. The normalized spacial score (nSPS) is 12.9. The highest BCUT2D eigenvalue weighted by Gasteiger charge is 2.19. The van der Waals surface area contributed by atoms with Crippen LogP contribution in [-0.2, 0) is 0 Å². The fourth-order valence-corrected chi connectivity index (χ4v) is 3.88. The Morgan fingerprint density at radius 3 is 2.38 bits per heavy atom. The highest BCUT2D eigenvalue weighted by Crippen LogP contribution is 2.27. The number of amides is 2. The predicted octanol–water partition coefficient (Wildman–Crippen LogP) is 5.78.